The molecule has 0 saturated carbocycles. The number of nitrogens with zero attached hydrogens (tertiary/aromatic N) is 1. The summed E-state index contributed by atoms with van der Waals surface area (Å²) >= 11 is 0. The van der Waals surface area contributed by atoms with Gasteiger partial charge in [-0.25, -0.2) is 8.78 Å². The molecule has 0 radical (unpaired) electrons. The van der Waals surface area contributed by atoms with E-state index in [2.05, 4.69) is 12.1 Å². The van der Waals surface area contributed by atoms with Crippen LogP contribution >= 0.6 is 0 Å². The topological polar surface area (TPSA) is 20.3 Å². The Labute approximate surface area is 117 Å². The van der Waals surface area contributed by atoms with Crippen LogP contribution in [0.4, 0.5) is 8.78 Å². The van der Waals surface area contributed by atoms with E-state index in [1.54, 1.807) is 4.90 Å². The summed E-state index contributed by atoms with van der Waals surface area (Å²) in [7, 11) is 0. The molecular formula is C16H19F2NO. The quantitative estimate of drug-likeness (QED) is 0.813. The van der Waals surface area contributed by atoms with Crippen molar-refractivity contribution in [1.29, 1.82) is 0 Å². The van der Waals surface area contributed by atoms with E-state index in [9.17, 15) is 13.6 Å². The largest absolute Gasteiger partial charge is 0.342 e. The number of aryl methyl sites for hydroxylation is 1. The van der Waals surface area contributed by atoms with E-state index < -0.39 is 5.92 Å². The van der Waals surface area contributed by atoms with E-state index in [-0.39, 0.29) is 37.8 Å². The van der Waals surface area contributed by atoms with Gasteiger partial charge in [0, 0.05) is 32.4 Å². The molecule has 0 unspecified atom stereocenters. The first-order valence-electron chi connectivity index (χ1n) is 7.28. The second-order valence-electron chi connectivity index (χ2n) is 5.88. The van der Waals surface area contributed by atoms with Gasteiger partial charge in [0.1, 0.15) is 0 Å². The average molecular weight is 279 g/mol. The van der Waals surface area contributed by atoms with Gasteiger partial charge < -0.3 is 4.90 Å². The Morgan fingerprint density at radius 1 is 1.25 bits per heavy atom. The minimum absolute atomic E-state index is 0.0298. The molecule has 2 aliphatic rings. The molecule has 1 aliphatic carbocycles. The molecule has 1 saturated heterocycles. The van der Waals surface area contributed by atoms with Crippen molar-refractivity contribution in [3.05, 3.63) is 35.4 Å². The van der Waals surface area contributed by atoms with E-state index in [1.807, 2.05) is 12.1 Å². The van der Waals surface area contributed by atoms with Gasteiger partial charge in [-0.05, 0) is 29.9 Å². The van der Waals surface area contributed by atoms with Crippen molar-refractivity contribution >= 4 is 5.91 Å². The second kappa shape index (κ2) is 5.15. The molecule has 1 aromatic rings. The number of carbonyl (C=O) groups excluding carboxylic acids is 1. The molecule has 2 nitrogen and oxygen atoms in total. The Morgan fingerprint density at radius 2 is 1.95 bits per heavy atom. The van der Waals surface area contributed by atoms with Crippen molar-refractivity contribution in [2.75, 3.05) is 13.1 Å². The minimum atomic E-state index is -2.59. The molecule has 1 heterocycles. The van der Waals surface area contributed by atoms with Crippen molar-refractivity contribution in [1.82, 2.24) is 4.90 Å². The van der Waals surface area contributed by atoms with Gasteiger partial charge in [-0.3, -0.25) is 4.79 Å². The van der Waals surface area contributed by atoms with Crippen molar-refractivity contribution in [3.8, 4) is 0 Å². The van der Waals surface area contributed by atoms with Gasteiger partial charge in [-0.2, -0.15) is 0 Å². The van der Waals surface area contributed by atoms with Crippen LogP contribution in [0.2, 0.25) is 0 Å². The molecule has 1 atom stereocenters. The zero-order valence-corrected chi connectivity index (χ0v) is 11.4. The Hall–Kier alpha value is -1.45. The molecule has 0 N–H and O–H groups in total. The zero-order valence-electron chi connectivity index (χ0n) is 11.4. The SMILES string of the molecule is O=C(C[C@@H]1CCc2ccccc21)N1CCC(F)(F)CC1. The number of likely N-dealkylation sites (tertiary alicyclic amines) is 1. The van der Waals surface area contributed by atoms with Crippen LogP contribution in [0.3, 0.4) is 0 Å². The number of benzene rings is 1. The van der Waals surface area contributed by atoms with Crippen LogP contribution in [0.1, 0.15) is 42.7 Å². The van der Waals surface area contributed by atoms with Crippen LogP contribution in [0, 0.1) is 0 Å². The summed E-state index contributed by atoms with van der Waals surface area (Å²) in [6, 6.07) is 8.23. The van der Waals surface area contributed by atoms with Crippen molar-refractivity contribution in [3.63, 3.8) is 0 Å². The average Bonchev–Trinajstić information content (AvgIpc) is 2.82. The number of hydrogen-bond acceptors (Lipinski definition) is 1. The molecule has 3 rings (SSSR count). The number of rotatable bonds is 2. The van der Waals surface area contributed by atoms with E-state index in [0.29, 0.717) is 6.42 Å². The number of alkyl halides is 2. The summed E-state index contributed by atoms with van der Waals surface area (Å²) in [6.45, 7) is 0.389. The lowest BCUT2D eigenvalue weighted by Crippen LogP contribution is -2.43. The summed E-state index contributed by atoms with van der Waals surface area (Å²) < 4.78 is 26.2. The first-order valence-corrected chi connectivity index (χ1v) is 7.28. The van der Waals surface area contributed by atoms with Crippen LogP contribution in [0.15, 0.2) is 24.3 Å². The third kappa shape index (κ3) is 2.69. The fraction of sp³-hybridized carbons (Fsp3) is 0.562. The van der Waals surface area contributed by atoms with Crippen LogP contribution in [-0.4, -0.2) is 29.8 Å². The number of halogens is 2. The lowest BCUT2D eigenvalue weighted by atomic mass is 9.96. The van der Waals surface area contributed by atoms with Gasteiger partial charge in [0.15, 0.2) is 0 Å². The smallest absolute Gasteiger partial charge is 0.251 e. The van der Waals surface area contributed by atoms with Gasteiger partial charge in [0.2, 0.25) is 5.91 Å². The number of amides is 1. The fourth-order valence-corrected chi connectivity index (χ4v) is 3.28. The third-order valence-electron chi connectivity index (χ3n) is 4.53. The summed E-state index contributed by atoms with van der Waals surface area (Å²) in [5.74, 6) is -2.29. The molecule has 1 fully saturated rings. The molecule has 0 aromatic heterocycles. The standard InChI is InChI=1S/C16H19F2NO/c17-16(18)7-9-19(10-8-16)15(20)11-13-6-5-12-3-1-2-4-14(12)13/h1-4,13H,5-11H2/t13-/m0/s1. The minimum Gasteiger partial charge on any atom is -0.342 e. The van der Waals surface area contributed by atoms with E-state index >= 15 is 0 Å². The first-order chi connectivity index (χ1) is 9.55. The van der Waals surface area contributed by atoms with Crippen LogP contribution in [-0.2, 0) is 11.2 Å². The molecule has 20 heavy (non-hydrogen) atoms. The maximum absolute atomic E-state index is 13.1. The lowest BCUT2D eigenvalue weighted by molar-refractivity contribution is -0.137. The summed E-state index contributed by atoms with van der Waals surface area (Å²) in [5, 5.41) is 0. The summed E-state index contributed by atoms with van der Waals surface area (Å²) in [5.41, 5.74) is 2.60. The second-order valence-corrected chi connectivity index (χ2v) is 5.88. The van der Waals surface area contributed by atoms with E-state index in [1.165, 1.54) is 11.1 Å². The zero-order chi connectivity index (χ0) is 14.2. The molecule has 0 spiro atoms. The van der Waals surface area contributed by atoms with Crippen molar-refractivity contribution in [2.24, 2.45) is 0 Å². The molecule has 108 valence electrons. The fourth-order valence-electron chi connectivity index (χ4n) is 3.28. The van der Waals surface area contributed by atoms with Crippen LogP contribution in [0.25, 0.3) is 0 Å². The molecule has 1 amide bonds. The van der Waals surface area contributed by atoms with Gasteiger partial charge in [-0.15, -0.1) is 0 Å². The maximum atomic E-state index is 13.1. The molecule has 0 bridgehead atoms. The molecule has 4 heteroatoms. The van der Waals surface area contributed by atoms with Crippen LogP contribution in [0.5, 0.6) is 0 Å². The predicted octanol–water partition coefficient (Wildman–Crippen LogP) is 3.36. The van der Waals surface area contributed by atoms with Crippen LogP contribution < -0.4 is 0 Å². The highest BCUT2D eigenvalue weighted by Crippen LogP contribution is 2.36. The van der Waals surface area contributed by atoms with E-state index in [4.69, 9.17) is 0 Å². The summed E-state index contributed by atoms with van der Waals surface area (Å²) in [4.78, 5) is 13.9. The normalized spacial score (nSPS) is 24.5. The molecular weight excluding hydrogens is 260 g/mol. The first kappa shape index (κ1) is 13.5. The highest BCUT2D eigenvalue weighted by molar-refractivity contribution is 5.77. The number of carbonyl (C=O) groups is 1. The number of piperidine rings is 1. The monoisotopic (exact) mass is 279 g/mol. The Morgan fingerprint density at radius 3 is 2.70 bits per heavy atom. The Kier molecular flexibility index (Phi) is 3.48. The van der Waals surface area contributed by atoms with Crippen molar-refractivity contribution in [2.45, 2.75) is 43.9 Å². The summed E-state index contributed by atoms with van der Waals surface area (Å²) in [6.07, 6.45) is 2.09. The predicted molar refractivity (Wildman–Crippen MR) is 72.9 cm³/mol. The van der Waals surface area contributed by atoms with Gasteiger partial charge >= 0.3 is 0 Å². The lowest BCUT2D eigenvalue weighted by Gasteiger charge is -2.32. The van der Waals surface area contributed by atoms with E-state index in [0.717, 1.165) is 12.8 Å². The highest BCUT2D eigenvalue weighted by atomic mass is 19.3. The highest BCUT2D eigenvalue weighted by Gasteiger charge is 2.36. The Balaban J connectivity index is 1.61. The van der Waals surface area contributed by atoms with Gasteiger partial charge in [-0.1, -0.05) is 24.3 Å². The van der Waals surface area contributed by atoms with Crippen molar-refractivity contribution < 1.29 is 13.6 Å². The third-order valence-corrected chi connectivity index (χ3v) is 4.53. The molecule has 1 aromatic carbocycles. The Bertz CT molecular complexity index is 505. The van der Waals surface area contributed by atoms with Gasteiger partial charge in [0.05, 0.1) is 0 Å². The number of hydrogen-bond donors (Lipinski definition) is 0. The maximum Gasteiger partial charge on any atom is 0.251 e. The molecule has 1 aliphatic heterocycles. The van der Waals surface area contributed by atoms with Gasteiger partial charge in [0.25, 0.3) is 5.92 Å². The number of fused-ring (bicyclic) bond motifs is 1.